The molecule has 1 unspecified atom stereocenters. The summed E-state index contributed by atoms with van der Waals surface area (Å²) in [4.78, 5) is 13.7. The lowest BCUT2D eigenvalue weighted by Crippen LogP contribution is -2.30. The maximum atomic E-state index is 11.7. The first kappa shape index (κ1) is 12.3. The van der Waals surface area contributed by atoms with Crippen LogP contribution in [0.4, 0.5) is 0 Å². The van der Waals surface area contributed by atoms with Gasteiger partial charge in [-0.25, -0.2) is 0 Å². The maximum absolute atomic E-state index is 11.7. The first-order chi connectivity index (χ1) is 7.15. The molecule has 1 aliphatic heterocycles. The summed E-state index contributed by atoms with van der Waals surface area (Å²) in [5.74, 6) is 1.73. The molecule has 0 spiro atoms. The molecule has 2 heteroatoms. The Bertz CT molecular complexity index is 233. The van der Waals surface area contributed by atoms with Gasteiger partial charge in [-0.05, 0) is 44.1 Å². The fourth-order valence-electron chi connectivity index (χ4n) is 2.26. The maximum Gasteiger partial charge on any atom is 0.246 e. The van der Waals surface area contributed by atoms with Gasteiger partial charge in [0.15, 0.2) is 0 Å². The summed E-state index contributed by atoms with van der Waals surface area (Å²) >= 11 is 0. The van der Waals surface area contributed by atoms with Crippen molar-refractivity contribution in [1.29, 1.82) is 0 Å². The van der Waals surface area contributed by atoms with Crippen molar-refractivity contribution in [3.05, 3.63) is 12.2 Å². The Morgan fingerprint density at radius 2 is 2.07 bits per heavy atom. The Labute approximate surface area is 93.3 Å². The van der Waals surface area contributed by atoms with Crippen LogP contribution in [-0.4, -0.2) is 23.9 Å². The summed E-state index contributed by atoms with van der Waals surface area (Å²) in [5, 5.41) is 0. The molecule has 1 atom stereocenters. The van der Waals surface area contributed by atoms with Crippen LogP contribution in [0.15, 0.2) is 12.2 Å². The Balaban J connectivity index is 2.49. The quantitative estimate of drug-likeness (QED) is 0.640. The molecule has 86 valence electrons. The summed E-state index contributed by atoms with van der Waals surface area (Å²) in [6.07, 6.45) is 7.10. The van der Waals surface area contributed by atoms with Crippen LogP contribution in [0, 0.1) is 11.8 Å². The molecule has 0 aliphatic carbocycles. The average molecular weight is 209 g/mol. The van der Waals surface area contributed by atoms with Gasteiger partial charge in [-0.15, -0.1) is 0 Å². The Hall–Kier alpha value is -0.790. The van der Waals surface area contributed by atoms with Gasteiger partial charge in [-0.3, -0.25) is 4.79 Å². The first-order valence-corrected chi connectivity index (χ1v) is 6.06. The van der Waals surface area contributed by atoms with E-state index < -0.39 is 0 Å². The van der Waals surface area contributed by atoms with Crippen LogP contribution in [0.25, 0.3) is 0 Å². The zero-order chi connectivity index (χ0) is 11.3. The van der Waals surface area contributed by atoms with Crippen LogP contribution in [-0.2, 0) is 4.79 Å². The molecule has 0 saturated carbocycles. The molecule has 1 heterocycles. The Kier molecular flexibility index (Phi) is 4.86. The molecule has 0 aromatic rings. The third-order valence-corrected chi connectivity index (χ3v) is 3.34. The van der Waals surface area contributed by atoms with Crippen molar-refractivity contribution in [2.75, 3.05) is 13.1 Å². The first-order valence-electron chi connectivity index (χ1n) is 6.06. The van der Waals surface area contributed by atoms with E-state index in [1.54, 1.807) is 6.08 Å². The van der Waals surface area contributed by atoms with Gasteiger partial charge < -0.3 is 4.90 Å². The van der Waals surface area contributed by atoms with E-state index in [4.69, 9.17) is 0 Å². The van der Waals surface area contributed by atoms with Crippen molar-refractivity contribution in [1.82, 2.24) is 4.90 Å². The molecule has 1 fully saturated rings. The van der Waals surface area contributed by atoms with E-state index in [-0.39, 0.29) is 5.91 Å². The van der Waals surface area contributed by atoms with Gasteiger partial charge >= 0.3 is 0 Å². The van der Waals surface area contributed by atoms with Crippen molar-refractivity contribution < 1.29 is 4.79 Å². The van der Waals surface area contributed by atoms with Gasteiger partial charge in [0.25, 0.3) is 0 Å². The second-order valence-electron chi connectivity index (χ2n) is 4.76. The van der Waals surface area contributed by atoms with Gasteiger partial charge in [0.1, 0.15) is 0 Å². The number of nitrogens with zero attached hydrogens (tertiary/aromatic N) is 1. The Morgan fingerprint density at radius 3 is 2.67 bits per heavy atom. The molecular weight excluding hydrogens is 186 g/mol. The smallest absolute Gasteiger partial charge is 0.246 e. The number of carbonyl (C=O) groups excluding carboxylic acids is 1. The predicted molar refractivity (Wildman–Crippen MR) is 63.6 cm³/mol. The lowest BCUT2D eigenvalue weighted by atomic mass is 9.89. The highest BCUT2D eigenvalue weighted by atomic mass is 16.2. The average Bonchev–Trinajstić information content (AvgIpc) is 2.43. The van der Waals surface area contributed by atoms with Crippen molar-refractivity contribution >= 4 is 5.91 Å². The molecule has 0 bridgehead atoms. The molecule has 1 rings (SSSR count). The van der Waals surface area contributed by atoms with Gasteiger partial charge in [0.05, 0.1) is 0 Å². The molecule has 0 aromatic carbocycles. The summed E-state index contributed by atoms with van der Waals surface area (Å²) in [6.45, 7) is 8.34. The van der Waals surface area contributed by atoms with Crippen LogP contribution in [0.1, 0.15) is 40.0 Å². The molecule has 0 N–H and O–H groups in total. The summed E-state index contributed by atoms with van der Waals surface area (Å²) in [7, 11) is 0. The molecule has 1 amide bonds. The topological polar surface area (TPSA) is 20.3 Å². The number of carbonyl (C=O) groups is 1. The normalized spacial score (nSPS) is 23.5. The summed E-state index contributed by atoms with van der Waals surface area (Å²) < 4.78 is 0. The summed E-state index contributed by atoms with van der Waals surface area (Å²) in [5.41, 5.74) is 0. The van der Waals surface area contributed by atoms with Gasteiger partial charge in [0.2, 0.25) is 5.91 Å². The third kappa shape index (κ3) is 3.69. The van der Waals surface area contributed by atoms with Crippen LogP contribution in [0.2, 0.25) is 0 Å². The van der Waals surface area contributed by atoms with Crippen molar-refractivity contribution in [3.8, 4) is 0 Å². The summed E-state index contributed by atoms with van der Waals surface area (Å²) in [6, 6.07) is 0. The van der Waals surface area contributed by atoms with E-state index in [1.807, 2.05) is 17.9 Å². The number of amides is 1. The van der Waals surface area contributed by atoms with Gasteiger partial charge in [0, 0.05) is 13.1 Å². The van der Waals surface area contributed by atoms with Gasteiger partial charge in [-0.1, -0.05) is 19.9 Å². The lowest BCUT2D eigenvalue weighted by molar-refractivity contribution is -0.126. The molecule has 0 aromatic heterocycles. The fourth-order valence-corrected chi connectivity index (χ4v) is 2.26. The fraction of sp³-hybridized carbons (Fsp3) is 0.769. The van der Waals surface area contributed by atoms with E-state index in [2.05, 4.69) is 13.8 Å². The molecule has 2 nitrogen and oxygen atoms in total. The SMILES string of the molecule is CC=CC(=O)N1CCCC(C(C)C)CC1. The minimum atomic E-state index is 0.182. The number of likely N-dealkylation sites (tertiary alicyclic amines) is 1. The number of hydrogen-bond donors (Lipinski definition) is 0. The molecule has 1 aliphatic rings. The second kappa shape index (κ2) is 5.94. The van der Waals surface area contributed by atoms with Crippen LogP contribution in [0.5, 0.6) is 0 Å². The second-order valence-corrected chi connectivity index (χ2v) is 4.76. The zero-order valence-corrected chi connectivity index (χ0v) is 10.2. The lowest BCUT2D eigenvalue weighted by Gasteiger charge is -2.20. The van der Waals surface area contributed by atoms with Crippen molar-refractivity contribution in [2.45, 2.75) is 40.0 Å². The van der Waals surface area contributed by atoms with E-state index in [0.29, 0.717) is 0 Å². The van der Waals surface area contributed by atoms with Crippen LogP contribution < -0.4 is 0 Å². The van der Waals surface area contributed by atoms with Gasteiger partial charge in [-0.2, -0.15) is 0 Å². The minimum absolute atomic E-state index is 0.182. The Morgan fingerprint density at radius 1 is 1.33 bits per heavy atom. The molecule has 15 heavy (non-hydrogen) atoms. The minimum Gasteiger partial charge on any atom is -0.339 e. The van der Waals surface area contributed by atoms with E-state index in [9.17, 15) is 4.79 Å². The monoisotopic (exact) mass is 209 g/mol. The zero-order valence-electron chi connectivity index (χ0n) is 10.2. The molecular formula is C13H23NO. The van der Waals surface area contributed by atoms with Crippen molar-refractivity contribution in [2.24, 2.45) is 11.8 Å². The number of hydrogen-bond acceptors (Lipinski definition) is 1. The van der Waals surface area contributed by atoms with Crippen LogP contribution in [0.3, 0.4) is 0 Å². The van der Waals surface area contributed by atoms with E-state index in [1.165, 1.54) is 12.8 Å². The standard InChI is InChI=1S/C13H23NO/c1-4-6-13(15)14-9-5-7-12(8-10-14)11(2)3/h4,6,11-12H,5,7-10H2,1-3H3. The highest BCUT2D eigenvalue weighted by Crippen LogP contribution is 2.24. The van der Waals surface area contributed by atoms with Crippen molar-refractivity contribution in [3.63, 3.8) is 0 Å². The predicted octanol–water partition coefficient (Wildman–Crippen LogP) is 2.85. The largest absolute Gasteiger partial charge is 0.339 e. The third-order valence-electron chi connectivity index (χ3n) is 3.34. The highest BCUT2D eigenvalue weighted by molar-refractivity contribution is 5.87. The van der Waals surface area contributed by atoms with E-state index in [0.717, 1.165) is 31.3 Å². The highest BCUT2D eigenvalue weighted by Gasteiger charge is 2.20. The number of rotatable bonds is 2. The molecule has 0 radical (unpaired) electrons. The number of allylic oxidation sites excluding steroid dienone is 1. The molecule has 1 saturated heterocycles. The van der Waals surface area contributed by atoms with Crippen LogP contribution >= 0.6 is 0 Å². The van der Waals surface area contributed by atoms with E-state index >= 15 is 0 Å².